The van der Waals surface area contributed by atoms with Crippen molar-refractivity contribution >= 4 is 7.75 Å². The molecule has 6 heteroatoms. The first-order valence-corrected chi connectivity index (χ1v) is 12.7. The molecule has 1 unspecified atom stereocenters. The number of para-hydroxylation sites is 1. The van der Waals surface area contributed by atoms with Crippen LogP contribution in [0.25, 0.3) is 0 Å². The molecule has 0 bridgehead atoms. The average molecular weight is 460 g/mol. The second-order valence-corrected chi connectivity index (χ2v) is 9.46. The zero-order valence-electron chi connectivity index (χ0n) is 20.1. The minimum atomic E-state index is -3.67. The van der Waals surface area contributed by atoms with E-state index in [9.17, 15) is 9.46 Å². The van der Waals surface area contributed by atoms with E-state index in [0.29, 0.717) is 12.3 Å². The zero-order valence-corrected chi connectivity index (χ0v) is 21.0. The summed E-state index contributed by atoms with van der Waals surface area (Å²) in [6, 6.07) is 16.6. The van der Waals surface area contributed by atoms with E-state index < -0.39 is 7.75 Å². The van der Waals surface area contributed by atoms with Crippen LogP contribution < -0.4 is 9.26 Å². The van der Waals surface area contributed by atoms with Crippen molar-refractivity contribution < 1.29 is 18.7 Å². The molecule has 3 rings (SSSR count). The van der Waals surface area contributed by atoms with E-state index in [0.717, 1.165) is 11.7 Å². The van der Waals surface area contributed by atoms with Crippen LogP contribution in [0.15, 0.2) is 54.6 Å². The van der Waals surface area contributed by atoms with Crippen LogP contribution in [0.4, 0.5) is 0 Å². The SMILES string of the molecule is CC#CC1CCCCC1.CCN(C)P(=O)(O)Oc1ccccc1.COc1ccc(C)cc1. The Labute approximate surface area is 194 Å². The van der Waals surface area contributed by atoms with E-state index in [1.54, 1.807) is 45.3 Å². The van der Waals surface area contributed by atoms with Crippen molar-refractivity contribution in [2.24, 2.45) is 5.92 Å². The molecule has 0 aromatic heterocycles. The molecule has 0 aliphatic heterocycles. The Kier molecular flexibility index (Phi) is 13.5. The minimum Gasteiger partial charge on any atom is -0.497 e. The standard InChI is InChI=1S/C9H14NO3P.C9H14.C8H10O/c1-3-10(2)14(11,12)13-9-7-5-4-6-8-9;1-2-6-9-7-4-3-5-8-9;1-7-3-5-8(9-2)6-4-7/h4-8H,3H2,1-2H3,(H,11,12);9H,3-5,7-8H2,1H3;3-6H,1-2H3. The summed E-state index contributed by atoms with van der Waals surface area (Å²) < 4.78 is 22.8. The second kappa shape index (κ2) is 15.5. The highest BCUT2D eigenvalue weighted by atomic mass is 31.2. The first-order chi connectivity index (χ1) is 15.3. The van der Waals surface area contributed by atoms with Crippen molar-refractivity contribution in [3.63, 3.8) is 0 Å². The molecule has 2 aromatic carbocycles. The number of benzene rings is 2. The third kappa shape index (κ3) is 11.4. The third-order valence-electron chi connectivity index (χ3n) is 5.07. The molecule has 1 saturated carbocycles. The van der Waals surface area contributed by atoms with Gasteiger partial charge in [-0.15, -0.1) is 11.8 Å². The first-order valence-electron chi connectivity index (χ1n) is 11.1. The normalized spacial score (nSPS) is 15.0. The number of hydrogen-bond donors (Lipinski definition) is 1. The van der Waals surface area contributed by atoms with Crippen molar-refractivity contribution in [1.29, 1.82) is 0 Å². The maximum atomic E-state index is 11.6. The molecule has 1 fully saturated rings. The summed E-state index contributed by atoms with van der Waals surface area (Å²) in [5, 5.41) is 0. The summed E-state index contributed by atoms with van der Waals surface area (Å²) in [5.74, 6) is 8.28. The monoisotopic (exact) mass is 459 g/mol. The van der Waals surface area contributed by atoms with E-state index in [1.165, 1.54) is 42.3 Å². The van der Waals surface area contributed by atoms with Gasteiger partial charge in [-0.2, -0.15) is 0 Å². The Balaban J connectivity index is 0.000000250. The Bertz CT molecular complexity index is 853. The van der Waals surface area contributed by atoms with E-state index in [-0.39, 0.29) is 0 Å². The molecule has 5 nitrogen and oxygen atoms in total. The van der Waals surface area contributed by atoms with Gasteiger partial charge in [-0.3, -0.25) is 0 Å². The van der Waals surface area contributed by atoms with Gasteiger partial charge in [0.05, 0.1) is 7.11 Å². The van der Waals surface area contributed by atoms with E-state index in [2.05, 4.69) is 18.8 Å². The van der Waals surface area contributed by atoms with Gasteiger partial charge in [0.1, 0.15) is 11.5 Å². The molecule has 1 aliphatic carbocycles. The van der Waals surface area contributed by atoms with Gasteiger partial charge in [0, 0.05) is 12.5 Å². The molecule has 0 saturated heterocycles. The maximum absolute atomic E-state index is 11.6. The molecule has 2 aromatic rings. The number of rotatable bonds is 5. The second-order valence-electron chi connectivity index (χ2n) is 7.62. The molecule has 1 atom stereocenters. The van der Waals surface area contributed by atoms with Crippen LogP contribution in [0.1, 0.15) is 51.5 Å². The summed E-state index contributed by atoms with van der Waals surface area (Å²) in [4.78, 5) is 9.50. The largest absolute Gasteiger partial charge is 0.497 e. The first kappa shape index (κ1) is 27.8. The minimum absolute atomic E-state index is 0.402. The van der Waals surface area contributed by atoms with Crippen LogP contribution in [0.2, 0.25) is 0 Å². The maximum Gasteiger partial charge on any atom is 0.458 e. The highest BCUT2D eigenvalue weighted by molar-refractivity contribution is 7.50. The summed E-state index contributed by atoms with van der Waals surface area (Å²) in [6.07, 6.45) is 6.93. The quantitative estimate of drug-likeness (QED) is 0.398. The van der Waals surface area contributed by atoms with Gasteiger partial charge < -0.3 is 14.2 Å². The van der Waals surface area contributed by atoms with Crippen LogP contribution in [0, 0.1) is 24.7 Å². The van der Waals surface area contributed by atoms with Crippen LogP contribution in [-0.2, 0) is 4.57 Å². The van der Waals surface area contributed by atoms with Gasteiger partial charge in [0.2, 0.25) is 0 Å². The predicted octanol–water partition coefficient (Wildman–Crippen LogP) is 6.71. The molecular weight excluding hydrogens is 421 g/mol. The number of hydrogen-bond acceptors (Lipinski definition) is 3. The van der Waals surface area contributed by atoms with Gasteiger partial charge in [-0.1, -0.05) is 62.1 Å². The van der Waals surface area contributed by atoms with E-state index in [4.69, 9.17) is 9.26 Å². The van der Waals surface area contributed by atoms with E-state index >= 15 is 0 Å². The molecule has 176 valence electrons. The summed E-state index contributed by atoms with van der Waals surface area (Å²) >= 11 is 0. The average Bonchev–Trinajstić information content (AvgIpc) is 2.81. The lowest BCUT2D eigenvalue weighted by Crippen LogP contribution is -2.17. The van der Waals surface area contributed by atoms with Gasteiger partial charge in [-0.25, -0.2) is 9.24 Å². The van der Waals surface area contributed by atoms with E-state index in [1.807, 2.05) is 37.3 Å². The Morgan fingerprint density at radius 3 is 2.12 bits per heavy atom. The predicted molar refractivity (Wildman–Crippen MR) is 133 cm³/mol. The fourth-order valence-corrected chi connectivity index (χ4v) is 3.89. The van der Waals surface area contributed by atoms with Gasteiger partial charge in [0.25, 0.3) is 0 Å². The van der Waals surface area contributed by atoms with Gasteiger partial charge in [0.15, 0.2) is 0 Å². The Morgan fingerprint density at radius 2 is 1.62 bits per heavy atom. The molecule has 1 aliphatic rings. The zero-order chi connectivity index (χ0) is 23.8. The fourth-order valence-electron chi connectivity index (χ4n) is 2.99. The molecule has 1 N–H and O–H groups in total. The lowest BCUT2D eigenvalue weighted by molar-refractivity contribution is 0.304. The van der Waals surface area contributed by atoms with Crippen LogP contribution in [0.5, 0.6) is 11.5 Å². The van der Waals surface area contributed by atoms with Gasteiger partial charge >= 0.3 is 7.75 Å². The van der Waals surface area contributed by atoms with Crippen molar-refractivity contribution in [3.8, 4) is 23.3 Å². The molecular formula is C26H38NO4P. The number of methoxy groups -OCH3 is 1. The number of nitrogens with zero attached hydrogens (tertiary/aromatic N) is 1. The fraction of sp³-hybridized carbons (Fsp3) is 0.462. The number of aryl methyl sites for hydroxylation is 1. The summed E-state index contributed by atoms with van der Waals surface area (Å²) in [6.45, 7) is 6.24. The Morgan fingerprint density at radius 1 is 1.03 bits per heavy atom. The molecule has 0 radical (unpaired) electrons. The van der Waals surface area contributed by atoms with Crippen LogP contribution in [-0.4, -0.2) is 30.3 Å². The molecule has 32 heavy (non-hydrogen) atoms. The molecule has 0 amide bonds. The third-order valence-corrected chi connectivity index (χ3v) is 6.66. The van der Waals surface area contributed by atoms with Crippen molar-refractivity contribution in [3.05, 3.63) is 60.2 Å². The number of ether oxygens (including phenoxy) is 1. The van der Waals surface area contributed by atoms with Crippen LogP contribution in [0.3, 0.4) is 0 Å². The molecule has 0 heterocycles. The topological polar surface area (TPSA) is 59.0 Å². The highest BCUT2D eigenvalue weighted by Gasteiger charge is 2.26. The van der Waals surface area contributed by atoms with Crippen molar-refractivity contribution in [1.82, 2.24) is 4.67 Å². The lowest BCUT2D eigenvalue weighted by atomic mass is 9.90. The highest BCUT2D eigenvalue weighted by Crippen LogP contribution is 2.44. The Hall–Kier alpha value is -2.25. The lowest BCUT2D eigenvalue weighted by Gasteiger charge is -2.20. The van der Waals surface area contributed by atoms with Crippen LogP contribution >= 0.6 is 7.75 Å². The van der Waals surface area contributed by atoms with Gasteiger partial charge in [-0.05, 0) is 58.0 Å². The smallest absolute Gasteiger partial charge is 0.458 e. The molecule has 0 spiro atoms. The van der Waals surface area contributed by atoms with Crippen molar-refractivity contribution in [2.75, 3.05) is 20.7 Å². The summed E-state index contributed by atoms with van der Waals surface area (Å²) in [7, 11) is -0.455. The van der Waals surface area contributed by atoms with Crippen molar-refractivity contribution in [2.45, 2.75) is 52.9 Å². The summed E-state index contributed by atoms with van der Waals surface area (Å²) in [5.41, 5.74) is 1.26.